The Morgan fingerprint density at radius 3 is 2.34 bits per heavy atom. The number of ether oxygens (including phenoxy) is 1. The largest absolute Gasteiger partial charge is 0.464 e. The number of anilines is 1. The summed E-state index contributed by atoms with van der Waals surface area (Å²) >= 11 is 0. The molecule has 0 spiro atoms. The minimum absolute atomic E-state index is 0.174. The molecule has 0 aliphatic heterocycles. The molecule has 9 heteroatoms. The van der Waals surface area contributed by atoms with Gasteiger partial charge in [-0.05, 0) is 29.3 Å². The summed E-state index contributed by atoms with van der Waals surface area (Å²) in [5.41, 5.74) is 1.09. The molecular formula is C23H20N4O5. The van der Waals surface area contributed by atoms with Gasteiger partial charge in [0.05, 0.1) is 18.7 Å². The van der Waals surface area contributed by atoms with Gasteiger partial charge in [-0.25, -0.2) is 4.79 Å². The van der Waals surface area contributed by atoms with Gasteiger partial charge < -0.3 is 15.4 Å². The number of nitrogens with zero attached hydrogens (tertiary/aromatic N) is 2. The van der Waals surface area contributed by atoms with Crippen LogP contribution >= 0.6 is 0 Å². The predicted octanol–water partition coefficient (Wildman–Crippen LogP) is 2.30. The Morgan fingerprint density at radius 2 is 1.72 bits per heavy atom. The molecule has 2 aromatic carbocycles. The lowest BCUT2D eigenvalue weighted by Crippen LogP contribution is -2.33. The Bertz CT molecular complexity index is 1320. The molecule has 0 unspecified atom stereocenters. The first-order chi connectivity index (χ1) is 15.2. The van der Waals surface area contributed by atoms with Crippen molar-refractivity contribution in [1.82, 2.24) is 15.1 Å². The minimum atomic E-state index is -0.820. The van der Waals surface area contributed by atoms with E-state index in [9.17, 15) is 19.2 Å². The van der Waals surface area contributed by atoms with Crippen molar-refractivity contribution in [2.24, 2.45) is 0 Å². The maximum absolute atomic E-state index is 13.0. The van der Waals surface area contributed by atoms with E-state index in [-0.39, 0.29) is 17.3 Å². The Kier molecular flexibility index (Phi) is 6.29. The van der Waals surface area contributed by atoms with Crippen LogP contribution in [-0.2, 0) is 19.1 Å². The van der Waals surface area contributed by atoms with E-state index in [1.807, 2.05) is 18.2 Å². The Balaban J connectivity index is 1.96. The fourth-order valence-corrected chi connectivity index (χ4v) is 3.03. The van der Waals surface area contributed by atoms with Gasteiger partial charge in [0, 0.05) is 18.0 Å². The highest BCUT2D eigenvalue weighted by atomic mass is 16.5. The minimum Gasteiger partial charge on any atom is -0.464 e. The van der Waals surface area contributed by atoms with E-state index in [4.69, 9.17) is 0 Å². The first-order valence-electron chi connectivity index (χ1n) is 9.40. The maximum Gasteiger partial charge on any atom is 0.353 e. The number of aromatic nitrogens is 2. The fraction of sp³-hybridized carbons (Fsp3) is 0.0870. The van der Waals surface area contributed by atoms with Crippen LogP contribution in [0, 0.1) is 0 Å². The molecule has 2 N–H and O–H groups in total. The first kappa shape index (κ1) is 22.2. The van der Waals surface area contributed by atoms with Gasteiger partial charge in [-0.15, -0.1) is 0 Å². The third-order valence-electron chi connectivity index (χ3n) is 4.56. The van der Waals surface area contributed by atoms with Crippen molar-refractivity contribution in [3.63, 3.8) is 0 Å². The molecule has 0 fully saturated rings. The molecule has 3 rings (SSSR count). The van der Waals surface area contributed by atoms with Gasteiger partial charge in [-0.2, -0.15) is 9.78 Å². The van der Waals surface area contributed by atoms with Crippen molar-refractivity contribution in [3.8, 4) is 11.1 Å². The SMILES string of the molecule is C=C(NC(=O)C(=C)n1ncc2c(-c3ccc(NC(C)=O)cc3)cccc2c1=O)C(=O)OC. The molecule has 0 bridgehead atoms. The number of hydrogen-bond acceptors (Lipinski definition) is 6. The first-order valence-corrected chi connectivity index (χ1v) is 9.40. The number of carbonyl (C=O) groups is 3. The Hall–Kier alpha value is -4.53. The van der Waals surface area contributed by atoms with Gasteiger partial charge in [0.2, 0.25) is 5.91 Å². The van der Waals surface area contributed by atoms with Gasteiger partial charge in [-0.1, -0.05) is 37.4 Å². The van der Waals surface area contributed by atoms with Gasteiger partial charge in [0.25, 0.3) is 11.5 Å². The summed E-state index contributed by atoms with van der Waals surface area (Å²) in [5, 5.41) is 9.90. The molecule has 1 aromatic heterocycles. The second kappa shape index (κ2) is 9.09. The van der Waals surface area contributed by atoms with E-state index in [1.54, 1.807) is 24.3 Å². The van der Waals surface area contributed by atoms with Crippen LogP contribution in [0.5, 0.6) is 0 Å². The van der Waals surface area contributed by atoms with E-state index in [0.29, 0.717) is 16.5 Å². The summed E-state index contributed by atoms with van der Waals surface area (Å²) in [6, 6.07) is 12.3. The molecule has 0 saturated heterocycles. The van der Waals surface area contributed by atoms with Crippen LogP contribution in [0.4, 0.5) is 5.69 Å². The lowest BCUT2D eigenvalue weighted by atomic mass is 10.00. The van der Waals surface area contributed by atoms with Crippen LogP contribution in [0.2, 0.25) is 0 Å². The highest BCUT2D eigenvalue weighted by Gasteiger charge is 2.18. The van der Waals surface area contributed by atoms with Crippen molar-refractivity contribution in [2.75, 3.05) is 12.4 Å². The van der Waals surface area contributed by atoms with Gasteiger partial charge in [0.1, 0.15) is 11.4 Å². The van der Waals surface area contributed by atoms with Gasteiger partial charge in [-0.3, -0.25) is 14.4 Å². The van der Waals surface area contributed by atoms with Gasteiger partial charge in [0.15, 0.2) is 0 Å². The molecule has 0 atom stereocenters. The molecule has 32 heavy (non-hydrogen) atoms. The zero-order valence-electron chi connectivity index (χ0n) is 17.5. The van der Waals surface area contributed by atoms with E-state index in [0.717, 1.165) is 22.9 Å². The average Bonchev–Trinajstić information content (AvgIpc) is 2.78. The van der Waals surface area contributed by atoms with Crippen molar-refractivity contribution < 1.29 is 19.1 Å². The van der Waals surface area contributed by atoms with Crippen molar-refractivity contribution >= 4 is 39.9 Å². The molecule has 1 heterocycles. The Labute approximate surface area is 183 Å². The van der Waals surface area contributed by atoms with Crippen LogP contribution in [0.1, 0.15) is 6.92 Å². The molecule has 2 amide bonds. The van der Waals surface area contributed by atoms with E-state index in [2.05, 4.69) is 33.6 Å². The molecular weight excluding hydrogens is 412 g/mol. The molecule has 0 radical (unpaired) electrons. The molecule has 0 aliphatic rings. The Morgan fingerprint density at radius 1 is 1.03 bits per heavy atom. The second-order valence-corrected chi connectivity index (χ2v) is 6.76. The highest BCUT2D eigenvalue weighted by molar-refractivity contribution is 6.15. The number of hydrogen-bond donors (Lipinski definition) is 2. The topological polar surface area (TPSA) is 119 Å². The van der Waals surface area contributed by atoms with E-state index < -0.39 is 17.4 Å². The number of carbonyl (C=O) groups excluding carboxylic acids is 3. The summed E-state index contributed by atoms with van der Waals surface area (Å²) in [6.07, 6.45) is 1.46. The quantitative estimate of drug-likeness (QED) is 0.456. The van der Waals surface area contributed by atoms with Crippen LogP contribution in [-0.4, -0.2) is 34.7 Å². The summed E-state index contributed by atoms with van der Waals surface area (Å²) in [5.74, 6) is -1.81. The van der Waals surface area contributed by atoms with Gasteiger partial charge >= 0.3 is 5.97 Å². The number of amides is 2. The lowest BCUT2D eigenvalue weighted by Gasteiger charge is -2.12. The highest BCUT2D eigenvalue weighted by Crippen LogP contribution is 2.28. The molecule has 0 saturated carbocycles. The smallest absolute Gasteiger partial charge is 0.353 e. The predicted molar refractivity (Wildman–Crippen MR) is 120 cm³/mol. The van der Waals surface area contributed by atoms with Crippen LogP contribution in [0.15, 0.2) is 72.3 Å². The molecule has 9 nitrogen and oxygen atoms in total. The number of nitrogens with one attached hydrogen (secondary N) is 2. The summed E-state index contributed by atoms with van der Waals surface area (Å²) in [4.78, 5) is 48.0. The molecule has 3 aromatic rings. The standard InChI is InChI=1S/C23H20N4O5/c1-13(23(31)32-4)25-21(29)14(2)27-22(30)19-7-5-6-18(20(19)12-24-27)16-8-10-17(11-9-16)26-15(3)28/h5-12H,1-2H2,3-4H3,(H,25,29)(H,26,28). The average molecular weight is 432 g/mol. The second-order valence-electron chi connectivity index (χ2n) is 6.76. The van der Waals surface area contributed by atoms with E-state index >= 15 is 0 Å². The summed E-state index contributed by atoms with van der Waals surface area (Å²) in [7, 11) is 1.15. The zero-order chi connectivity index (χ0) is 23.4. The molecule has 162 valence electrons. The molecule has 0 aliphatic carbocycles. The maximum atomic E-state index is 13.0. The summed E-state index contributed by atoms with van der Waals surface area (Å²) in [6.45, 7) is 8.43. The third-order valence-corrected chi connectivity index (χ3v) is 4.56. The number of methoxy groups -OCH3 is 1. The zero-order valence-corrected chi connectivity index (χ0v) is 17.5. The fourth-order valence-electron chi connectivity index (χ4n) is 3.03. The van der Waals surface area contributed by atoms with Crippen LogP contribution in [0.3, 0.4) is 0 Å². The van der Waals surface area contributed by atoms with E-state index in [1.165, 1.54) is 13.1 Å². The number of fused-ring (bicyclic) bond motifs is 1. The number of benzene rings is 2. The third kappa shape index (κ3) is 4.46. The van der Waals surface area contributed by atoms with Crippen molar-refractivity contribution in [1.29, 1.82) is 0 Å². The lowest BCUT2D eigenvalue weighted by molar-refractivity contribution is -0.137. The monoisotopic (exact) mass is 432 g/mol. The van der Waals surface area contributed by atoms with Crippen LogP contribution in [0.25, 0.3) is 27.6 Å². The van der Waals surface area contributed by atoms with Crippen molar-refractivity contribution in [3.05, 3.63) is 77.9 Å². The number of esters is 1. The van der Waals surface area contributed by atoms with Crippen LogP contribution < -0.4 is 16.2 Å². The number of rotatable bonds is 6. The van der Waals surface area contributed by atoms with Crippen molar-refractivity contribution in [2.45, 2.75) is 6.92 Å². The normalized spacial score (nSPS) is 10.3. The summed E-state index contributed by atoms with van der Waals surface area (Å²) < 4.78 is 5.33.